The first-order valence-corrected chi connectivity index (χ1v) is 15.8. The first kappa shape index (κ1) is 27.8. The summed E-state index contributed by atoms with van der Waals surface area (Å²) in [5.74, 6) is 1.95. The minimum Gasteiger partial charge on any atom is -0.390 e. The Balaban J connectivity index is 1.24. The van der Waals surface area contributed by atoms with Gasteiger partial charge in [0, 0.05) is 29.9 Å². The van der Waals surface area contributed by atoms with Crippen molar-refractivity contribution in [3.8, 4) is 0 Å². The van der Waals surface area contributed by atoms with E-state index < -0.39 is 5.60 Å². The summed E-state index contributed by atoms with van der Waals surface area (Å²) in [5.41, 5.74) is -0.396. The molecule has 2 N–H and O–H groups in total. The fourth-order valence-corrected chi connectivity index (χ4v) is 8.28. The van der Waals surface area contributed by atoms with Gasteiger partial charge in [0.25, 0.3) is 0 Å². The molecule has 0 aromatic rings. The van der Waals surface area contributed by atoms with Crippen LogP contribution in [0, 0.1) is 17.8 Å². The summed E-state index contributed by atoms with van der Waals surface area (Å²) < 4.78 is 0. The molecule has 34 heavy (non-hydrogen) atoms. The van der Waals surface area contributed by atoms with Crippen LogP contribution in [0.5, 0.6) is 0 Å². The highest BCUT2D eigenvalue weighted by molar-refractivity contribution is 6.30. The molecule has 3 saturated carbocycles. The van der Waals surface area contributed by atoms with Crippen LogP contribution in [0.2, 0.25) is 0 Å². The molecule has 1 aliphatic heterocycles. The predicted octanol–water partition coefficient (Wildman–Crippen LogP) is 6.94. The van der Waals surface area contributed by atoms with E-state index in [0.29, 0.717) is 29.2 Å². The Morgan fingerprint density at radius 3 is 2.21 bits per heavy atom. The fraction of sp³-hybridized carbons (Fsp3) is 1.00. The quantitative estimate of drug-likeness (QED) is 0.314. The van der Waals surface area contributed by atoms with Gasteiger partial charge in [-0.05, 0) is 114 Å². The van der Waals surface area contributed by atoms with Crippen LogP contribution < -0.4 is 5.32 Å². The highest BCUT2D eigenvalue weighted by Crippen LogP contribution is 2.40. The van der Waals surface area contributed by atoms with E-state index in [1.165, 1.54) is 64.2 Å². The van der Waals surface area contributed by atoms with Crippen molar-refractivity contribution in [3.63, 3.8) is 0 Å². The largest absolute Gasteiger partial charge is 0.390 e. The lowest BCUT2D eigenvalue weighted by Gasteiger charge is -2.45. The number of alkyl halides is 3. The molecule has 4 rings (SSSR count). The predicted molar refractivity (Wildman–Crippen MR) is 146 cm³/mol. The molecule has 4 aliphatic rings. The van der Waals surface area contributed by atoms with Crippen LogP contribution in [0.4, 0.5) is 0 Å². The van der Waals surface area contributed by atoms with E-state index in [1.54, 1.807) is 0 Å². The average molecular weight is 536 g/mol. The van der Waals surface area contributed by atoms with Gasteiger partial charge in [0.1, 0.15) is 0 Å². The van der Waals surface area contributed by atoms with E-state index >= 15 is 0 Å². The number of hydrogen-bond donors (Lipinski definition) is 2. The number of nitrogens with one attached hydrogen (secondary N) is 1. The lowest BCUT2D eigenvalue weighted by Crippen LogP contribution is -2.49. The number of rotatable bonds is 9. The molecule has 6 heteroatoms. The third-order valence-corrected chi connectivity index (χ3v) is 11.5. The normalized spacial score (nSPS) is 36.9. The third-order valence-electron chi connectivity index (χ3n) is 9.91. The molecule has 0 amide bonds. The summed E-state index contributed by atoms with van der Waals surface area (Å²) in [5, 5.41) is 15.8. The number of nitrogens with zero attached hydrogens (tertiary/aromatic N) is 1. The SMILES string of the molecule is OC1(C2CCCCC2)CCN(CCC(CCNC2CCC(Cl)CC2)C2CCC(Cl)C(Cl)C2)CC1. The molecule has 1 heterocycles. The van der Waals surface area contributed by atoms with Crippen LogP contribution in [0.1, 0.15) is 103 Å². The molecular formula is C28H49Cl3N2O. The van der Waals surface area contributed by atoms with Crippen molar-refractivity contribution in [2.24, 2.45) is 17.8 Å². The second-order valence-corrected chi connectivity index (χ2v) is 13.9. The van der Waals surface area contributed by atoms with Crippen molar-refractivity contribution in [3.05, 3.63) is 0 Å². The zero-order chi connectivity index (χ0) is 24.0. The number of aliphatic hydroxyl groups is 1. The lowest BCUT2D eigenvalue weighted by molar-refractivity contribution is -0.0780. The maximum atomic E-state index is 11.3. The van der Waals surface area contributed by atoms with Gasteiger partial charge in [-0.25, -0.2) is 0 Å². The van der Waals surface area contributed by atoms with E-state index in [-0.39, 0.29) is 10.8 Å². The monoisotopic (exact) mass is 534 g/mol. The maximum absolute atomic E-state index is 11.3. The van der Waals surface area contributed by atoms with Gasteiger partial charge < -0.3 is 15.3 Å². The van der Waals surface area contributed by atoms with Gasteiger partial charge in [0.2, 0.25) is 0 Å². The second-order valence-electron chi connectivity index (χ2n) is 12.1. The standard InChI is InChI=1S/C28H49Cl3N2O/c29-24-7-9-25(10-8-24)32-16-12-21(22-6-11-26(30)27(31)20-22)13-17-33-18-14-28(34,15-19-33)23-4-2-1-3-5-23/h21-27,32,34H,1-20H2. The van der Waals surface area contributed by atoms with E-state index in [2.05, 4.69) is 10.2 Å². The van der Waals surface area contributed by atoms with Crippen molar-refractivity contribution >= 4 is 34.8 Å². The Hall–Kier alpha value is 0.750. The van der Waals surface area contributed by atoms with Crippen LogP contribution >= 0.6 is 34.8 Å². The number of piperidine rings is 1. The van der Waals surface area contributed by atoms with Crippen molar-refractivity contribution in [1.29, 1.82) is 0 Å². The van der Waals surface area contributed by atoms with Crippen molar-refractivity contribution in [2.45, 2.75) is 131 Å². The van der Waals surface area contributed by atoms with Crippen molar-refractivity contribution < 1.29 is 5.11 Å². The fourth-order valence-electron chi connectivity index (χ4n) is 7.44. The van der Waals surface area contributed by atoms with Gasteiger partial charge >= 0.3 is 0 Å². The van der Waals surface area contributed by atoms with Gasteiger partial charge in [0.05, 0.1) is 11.0 Å². The molecule has 0 aromatic carbocycles. The number of likely N-dealkylation sites (tertiary alicyclic amines) is 1. The zero-order valence-corrected chi connectivity index (χ0v) is 23.5. The van der Waals surface area contributed by atoms with Crippen molar-refractivity contribution in [1.82, 2.24) is 10.2 Å². The van der Waals surface area contributed by atoms with Gasteiger partial charge in [-0.2, -0.15) is 0 Å². The van der Waals surface area contributed by atoms with E-state index in [9.17, 15) is 5.11 Å². The maximum Gasteiger partial charge on any atom is 0.0700 e. The summed E-state index contributed by atoms with van der Waals surface area (Å²) >= 11 is 19.4. The smallest absolute Gasteiger partial charge is 0.0700 e. The van der Waals surface area contributed by atoms with E-state index in [4.69, 9.17) is 34.8 Å². The minimum atomic E-state index is -0.396. The van der Waals surface area contributed by atoms with Crippen LogP contribution in [0.3, 0.4) is 0 Å². The number of hydrogen-bond acceptors (Lipinski definition) is 3. The Morgan fingerprint density at radius 1 is 0.824 bits per heavy atom. The van der Waals surface area contributed by atoms with E-state index in [0.717, 1.165) is 64.7 Å². The van der Waals surface area contributed by atoms with Crippen LogP contribution in [-0.2, 0) is 0 Å². The Labute approximate surface area is 224 Å². The molecule has 4 atom stereocenters. The Kier molecular flexibility index (Phi) is 11.0. The summed E-state index contributed by atoms with van der Waals surface area (Å²) in [6.07, 6.45) is 19.0. The molecule has 3 nitrogen and oxygen atoms in total. The highest BCUT2D eigenvalue weighted by atomic mass is 35.5. The average Bonchev–Trinajstić information content (AvgIpc) is 2.86. The Bertz CT molecular complexity index is 586. The van der Waals surface area contributed by atoms with Gasteiger partial charge in [-0.3, -0.25) is 0 Å². The molecule has 0 radical (unpaired) electrons. The third kappa shape index (κ3) is 7.87. The van der Waals surface area contributed by atoms with E-state index in [1.807, 2.05) is 0 Å². The highest BCUT2D eigenvalue weighted by Gasteiger charge is 2.40. The lowest BCUT2D eigenvalue weighted by atomic mass is 9.72. The summed E-state index contributed by atoms with van der Waals surface area (Å²) in [4.78, 5) is 2.63. The molecule has 198 valence electrons. The first-order chi connectivity index (χ1) is 16.4. The minimum absolute atomic E-state index is 0.121. The van der Waals surface area contributed by atoms with Gasteiger partial charge in [-0.1, -0.05) is 19.3 Å². The van der Waals surface area contributed by atoms with Gasteiger partial charge in [0.15, 0.2) is 0 Å². The Morgan fingerprint density at radius 2 is 1.53 bits per heavy atom. The zero-order valence-electron chi connectivity index (χ0n) is 21.2. The molecule has 4 fully saturated rings. The van der Waals surface area contributed by atoms with Crippen LogP contribution in [-0.4, -0.2) is 64.0 Å². The summed E-state index contributed by atoms with van der Waals surface area (Å²) in [6.45, 7) is 4.40. The first-order valence-electron chi connectivity index (χ1n) is 14.5. The summed E-state index contributed by atoms with van der Waals surface area (Å²) in [6, 6.07) is 0.648. The topological polar surface area (TPSA) is 35.5 Å². The summed E-state index contributed by atoms with van der Waals surface area (Å²) in [7, 11) is 0. The molecule has 4 unspecified atom stereocenters. The van der Waals surface area contributed by atoms with Crippen molar-refractivity contribution in [2.75, 3.05) is 26.2 Å². The second kappa shape index (κ2) is 13.5. The molecule has 0 spiro atoms. The molecule has 1 saturated heterocycles. The molecule has 0 aromatic heterocycles. The number of halogens is 3. The van der Waals surface area contributed by atoms with Gasteiger partial charge in [-0.15, -0.1) is 34.8 Å². The molecular weight excluding hydrogens is 487 g/mol. The van der Waals surface area contributed by atoms with Crippen LogP contribution in [0.25, 0.3) is 0 Å². The molecule has 3 aliphatic carbocycles. The molecule has 0 bridgehead atoms. The van der Waals surface area contributed by atoms with Crippen LogP contribution in [0.15, 0.2) is 0 Å².